The second kappa shape index (κ2) is 12.1. The fraction of sp³-hybridized carbons (Fsp3) is 0.520. The van der Waals surface area contributed by atoms with E-state index in [9.17, 15) is 19.2 Å². The van der Waals surface area contributed by atoms with Gasteiger partial charge in [0, 0.05) is 32.1 Å². The highest BCUT2D eigenvalue weighted by atomic mass is 16.6. The minimum atomic E-state index is -0.542. The summed E-state index contributed by atoms with van der Waals surface area (Å²) in [6, 6.07) is 5.13. The van der Waals surface area contributed by atoms with Crippen LogP contribution in [0.25, 0.3) is 0 Å². The zero-order valence-corrected chi connectivity index (χ0v) is 20.5. The van der Waals surface area contributed by atoms with Crippen molar-refractivity contribution in [1.29, 1.82) is 0 Å². The molecule has 0 atom stereocenters. The Bertz CT molecular complexity index is 987. The van der Waals surface area contributed by atoms with Gasteiger partial charge in [-0.25, -0.2) is 4.79 Å². The van der Waals surface area contributed by atoms with Gasteiger partial charge < -0.3 is 24.6 Å². The molecule has 0 aromatic heterocycles. The van der Waals surface area contributed by atoms with Gasteiger partial charge in [0.25, 0.3) is 5.91 Å². The van der Waals surface area contributed by atoms with Crippen LogP contribution in [0.5, 0.6) is 0 Å². The lowest BCUT2D eigenvalue weighted by Crippen LogP contribution is -2.39. The number of carbonyl (C=O) groups excluding carboxylic acids is 4. The van der Waals surface area contributed by atoms with E-state index in [4.69, 9.17) is 9.47 Å². The number of esters is 1. The van der Waals surface area contributed by atoms with Crippen molar-refractivity contribution in [2.45, 2.75) is 52.6 Å². The second-order valence-corrected chi connectivity index (χ2v) is 8.80. The maximum absolute atomic E-state index is 13.1. The lowest BCUT2D eigenvalue weighted by atomic mass is 10.1. The number of anilines is 1. The Morgan fingerprint density at radius 2 is 1.94 bits per heavy atom. The largest absolute Gasteiger partial charge is 0.466 e. The number of unbranched alkanes of at least 4 members (excludes halogenated alkanes) is 1. The maximum Gasteiger partial charge on any atom is 0.407 e. The Balaban J connectivity index is 2.03. The molecular weight excluding hydrogens is 438 g/mol. The highest BCUT2D eigenvalue weighted by Crippen LogP contribution is 2.26. The number of likely N-dealkylation sites (N-methyl/N-ethyl adjacent to an activating group) is 1. The second-order valence-electron chi connectivity index (χ2n) is 8.80. The number of alkyl carbamates (subject to hydrolysis) is 1. The van der Waals surface area contributed by atoms with Gasteiger partial charge in [0.05, 0.1) is 24.3 Å². The molecule has 1 aliphatic heterocycles. The van der Waals surface area contributed by atoms with Gasteiger partial charge in [-0.2, -0.15) is 0 Å². The minimum absolute atomic E-state index is 0.0166. The third-order valence-electron chi connectivity index (χ3n) is 4.85. The predicted molar refractivity (Wildman–Crippen MR) is 127 cm³/mol. The third-order valence-corrected chi connectivity index (χ3v) is 4.85. The van der Waals surface area contributed by atoms with Crippen molar-refractivity contribution in [2.24, 2.45) is 0 Å². The molecule has 3 amide bonds. The Kier molecular flexibility index (Phi) is 9.48. The van der Waals surface area contributed by atoms with Crippen molar-refractivity contribution in [3.8, 4) is 11.8 Å². The smallest absolute Gasteiger partial charge is 0.407 e. The third kappa shape index (κ3) is 8.10. The highest BCUT2D eigenvalue weighted by Gasteiger charge is 2.30. The molecular formula is C25H33N3O6. The van der Waals surface area contributed by atoms with Crippen LogP contribution in [0.15, 0.2) is 18.2 Å². The zero-order valence-electron chi connectivity index (χ0n) is 20.5. The van der Waals surface area contributed by atoms with Gasteiger partial charge in [-0.1, -0.05) is 11.8 Å². The fourth-order valence-corrected chi connectivity index (χ4v) is 3.21. The van der Waals surface area contributed by atoms with Crippen LogP contribution in [-0.4, -0.2) is 67.7 Å². The van der Waals surface area contributed by atoms with Crippen LogP contribution < -0.4 is 10.2 Å². The molecule has 0 bridgehead atoms. The minimum Gasteiger partial charge on any atom is -0.466 e. The average molecular weight is 472 g/mol. The first-order valence-electron chi connectivity index (χ1n) is 11.3. The molecule has 9 nitrogen and oxygen atoms in total. The van der Waals surface area contributed by atoms with Gasteiger partial charge in [0.1, 0.15) is 12.1 Å². The number of ether oxygens (including phenoxy) is 2. The molecule has 184 valence electrons. The van der Waals surface area contributed by atoms with E-state index in [1.807, 2.05) is 0 Å². The number of benzene rings is 1. The summed E-state index contributed by atoms with van der Waals surface area (Å²) in [5, 5.41) is 2.68. The first-order chi connectivity index (χ1) is 16.0. The summed E-state index contributed by atoms with van der Waals surface area (Å²) >= 11 is 0. The van der Waals surface area contributed by atoms with Gasteiger partial charge in [-0.05, 0) is 52.3 Å². The number of nitrogens with zero attached hydrogens (tertiary/aromatic N) is 2. The van der Waals surface area contributed by atoms with E-state index in [-0.39, 0.29) is 37.9 Å². The van der Waals surface area contributed by atoms with Crippen molar-refractivity contribution in [3.05, 3.63) is 29.3 Å². The number of carbonyl (C=O) groups is 4. The van der Waals surface area contributed by atoms with E-state index in [1.165, 1.54) is 9.80 Å². The lowest BCUT2D eigenvalue weighted by molar-refractivity contribution is -0.143. The summed E-state index contributed by atoms with van der Waals surface area (Å²) in [6.45, 7) is 7.80. The van der Waals surface area contributed by atoms with E-state index >= 15 is 0 Å². The van der Waals surface area contributed by atoms with Gasteiger partial charge in [-0.15, -0.1) is 0 Å². The van der Waals surface area contributed by atoms with Crippen LogP contribution in [0.2, 0.25) is 0 Å². The highest BCUT2D eigenvalue weighted by molar-refractivity contribution is 6.09. The summed E-state index contributed by atoms with van der Waals surface area (Å²) in [5.74, 6) is 5.08. The van der Waals surface area contributed by atoms with E-state index in [2.05, 4.69) is 17.2 Å². The summed E-state index contributed by atoms with van der Waals surface area (Å²) in [5.41, 5.74) is 0.955. The van der Waals surface area contributed by atoms with Crippen LogP contribution in [0.1, 0.15) is 62.9 Å². The molecule has 0 saturated carbocycles. The predicted octanol–water partition coefficient (Wildman–Crippen LogP) is 2.71. The summed E-state index contributed by atoms with van der Waals surface area (Å²) in [4.78, 5) is 51.8. The monoisotopic (exact) mass is 471 g/mol. The molecule has 1 aromatic carbocycles. The summed E-state index contributed by atoms with van der Waals surface area (Å²) < 4.78 is 10.1. The van der Waals surface area contributed by atoms with Crippen molar-refractivity contribution in [1.82, 2.24) is 10.2 Å². The molecule has 2 rings (SSSR count). The molecule has 1 N–H and O–H groups in total. The lowest BCUT2D eigenvalue weighted by Gasteiger charge is -2.19. The molecule has 0 radical (unpaired) electrons. The standard InChI is InChI=1S/C25H33N3O6/c1-6-33-22(30)13-15-28-17-21(29)27(5)20-12-11-18(16-19(20)23(28)31)10-8-7-9-14-26-24(32)34-25(2,3)4/h11-12,16H,6-7,9,13-15,17H2,1-5H3,(H,26,32). The Morgan fingerprint density at radius 3 is 2.62 bits per heavy atom. The molecule has 0 fully saturated rings. The van der Waals surface area contributed by atoms with Gasteiger partial charge in [0.2, 0.25) is 5.91 Å². The van der Waals surface area contributed by atoms with Gasteiger partial charge >= 0.3 is 12.1 Å². The Hall–Kier alpha value is -3.54. The van der Waals surface area contributed by atoms with Crippen LogP contribution in [-0.2, 0) is 19.1 Å². The maximum atomic E-state index is 13.1. The molecule has 0 aliphatic carbocycles. The number of nitrogens with one attached hydrogen (secondary N) is 1. The topological polar surface area (TPSA) is 105 Å². The molecule has 0 unspecified atom stereocenters. The molecule has 1 aliphatic rings. The van der Waals surface area contributed by atoms with Crippen LogP contribution >= 0.6 is 0 Å². The average Bonchev–Trinajstić information content (AvgIpc) is 2.84. The first-order valence-corrected chi connectivity index (χ1v) is 11.3. The van der Waals surface area contributed by atoms with Crippen molar-refractivity contribution in [2.75, 3.05) is 38.2 Å². The molecule has 0 spiro atoms. The quantitative estimate of drug-likeness (QED) is 0.372. The Labute approximate surface area is 200 Å². The number of hydrogen-bond acceptors (Lipinski definition) is 6. The van der Waals surface area contributed by atoms with E-state index in [0.29, 0.717) is 36.2 Å². The molecule has 1 aromatic rings. The number of amides is 3. The van der Waals surface area contributed by atoms with Crippen molar-refractivity contribution < 1.29 is 28.7 Å². The van der Waals surface area contributed by atoms with Gasteiger partial charge in [0.15, 0.2) is 0 Å². The number of hydrogen-bond donors (Lipinski definition) is 1. The Morgan fingerprint density at radius 1 is 1.21 bits per heavy atom. The summed E-state index contributed by atoms with van der Waals surface area (Å²) in [6.07, 6.45) is 0.749. The first kappa shape index (κ1) is 26.7. The molecule has 9 heteroatoms. The number of rotatable bonds is 7. The normalized spacial score (nSPS) is 13.4. The zero-order chi connectivity index (χ0) is 25.3. The van der Waals surface area contributed by atoms with E-state index in [0.717, 1.165) is 0 Å². The van der Waals surface area contributed by atoms with Crippen molar-refractivity contribution in [3.63, 3.8) is 0 Å². The van der Waals surface area contributed by atoms with Crippen LogP contribution in [0, 0.1) is 11.8 Å². The van der Waals surface area contributed by atoms with Crippen LogP contribution in [0.3, 0.4) is 0 Å². The van der Waals surface area contributed by atoms with Crippen molar-refractivity contribution >= 4 is 29.6 Å². The van der Waals surface area contributed by atoms with E-state index < -0.39 is 17.7 Å². The molecule has 1 heterocycles. The van der Waals surface area contributed by atoms with Gasteiger partial charge in [-0.3, -0.25) is 14.4 Å². The van der Waals surface area contributed by atoms with E-state index in [1.54, 1.807) is 52.9 Å². The summed E-state index contributed by atoms with van der Waals surface area (Å²) in [7, 11) is 1.62. The molecule has 0 saturated heterocycles. The van der Waals surface area contributed by atoms with Crippen LogP contribution in [0.4, 0.5) is 10.5 Å². The number of fused-ring (bicyclic) bond motifs is 1. The SMILES string of the molecule is CCOC(=O)CCN1CC(=O)N(C)c2ccc(C#CCCCNC(=O)OC(C)(C)C)cc2C1=O. The fourth-order valence-electron chi connectivity index (χ4n) is 3.21. The molecule has 34 heavy (non-hydrogen) atoms.